The van der Waals surface area contributed by atoms with Crippen molar-refractivity contribution in [3.63, 3.8) is 0 Å². The first-order valence-corrected chi connectivity index (χ1v) is 9.58. The minimum atomic E-state index is -3.03. The van der Waals surface area contributed by atoms with E-state index in [0.29, 0.717) is 13.0 Å². The summed E-state index contributed by atoms with van der Waals surface area (Å²) in [5.74, 6) is -0.522. The standard InChI is InChI=1S/C17H19N3O3S/c21-17(14-7-10-24(22,23)12-14)19-11-13-1-3-15(4-2-13)20-16-5-8-18-9-6-16/h1-6,8-9,14H,7,10-12H2,(H,18,20)(H,19,21). The number of amides is 1. The highest BCUT2D eigenvalue weighted by Crippen LogP contribution is 2.19. The Balaban J connectivity index is 1.52. The summed E-state index contributed by atoms with van der Waals surface area (Å²) >= 11 is 0. The lowest BCUT2D eigenvalue weighted by Gasteiger charge is -2.10. The first-order valence-electron chi connectivity index (χ1n) is 7.76. The van der Waals surface area contributed by atoms with Crippen molar-refractivity contribution in [1.29, 1.82) is 0 Å². The van der Waals surface area contributed by atoms with Crippen LogP contribution in [0.3, 0.4) is 0 Å². The van der Waals surface area contributed by atoms with Crippen molar-refractivity contribution in [3.8, 4) is 0 Å². The van der Waals surface area contributed by atoms with Crippen LogP contribution in [0.4, 0.5) is 11.4 Å². The molecule has 1 saturated heterocycles. The van der Waals surface area contributed by atoms with Crippen molar-refractivity contribution in [2.45, 2.75) is 13.0 Å². The SMILES string of the molecule is O=C(NCc1ccc(Nc2ccncc2)cc1)C1CCS(=O)(=O)C1. The van der Waals surface area contributed by atoms with Crippen LogP contribution in [0, 0.1) is 5.92 Å². The Morgan fingerprint density at radius 3 is 2.38 bits per heavy atom. The number of nitrogens with zero attached hydrogens (tertiary/aromatic N) is 1. The molecular formula is C17H19N3O3S. The van der Waals surface area contributed by atoms with Crippen molar-refractivity contribution < 1.29 is 13.2 Å². The van der Waals surface area contributed by atoms with Gasteiger partial charge in [0.1, 0.15) is 0 Å². The van der Waals surface area contributed by atoms with Gasteiger partial charge in [-0.25, -0.2) is 8.42 Å². The van der Waals surface area contributed by atoms with Crippen LogP contribution in [0.2, 0.25) is 0 Å². The van der Waals surface area contributed by atoms with E-state index >= 15 is 0 Å². The number of anilines is 2. The summed E-state index contributed by atoms with van der Waals surface area (Å²) < 4.78 is 22.8. The second-order valence-electron chi connectivity index (χ2n) is 5.88. The van der Waals surface area contributed by atoms with Gasteiger partial charge < -0.3 is 10.6 Å². The highest BCUT2D eigenvalue weighted by Gasteiger charge is 2.32. The summed E-state index contributed by atoms with van der Waals surface area (Å²) in [5.41, 5.74) is 2.86. The van der Waals surface area contributed by atoms with Gasteiger partial charge in [0.25, 0.3) is 0 Å². The normalized spacial score (nSPS) is 18.9. The average Bonchev–Trinajstić information content (AvgIpc) is 2.95. The summed E-state index contributed by atoms with van der Waals surface area (Å²) in [5, 5.41) is 6.07. The largest absolute Gasteiger partial charge is 0.355 e. The van der Waals surface area contributed by atoms with Gasteiger partial charge in [0.15, 0.2) is 9.84 Å². The van der Waals surface area contributed by atoms with Crippen LogP contribution in [0.15, 0.2) is 48.8 Å². The maximum absolute atomic E-state index is 12.0. The molecule has 0 bridgehead atoms. The van der Waals surface area contributed by atoms with E-state index < -0.39 is 15.8 Å². The van der Waals surface area contributed by atoms with Gasteiger partial charge >= 0.3 is 0 Å². The summed E-state index contributed by atoms with van der Waals surface area (Å²) in [4.78, 5) is 16.0. The first-order chi connectivity index (χ1) is 11.5. The monoisotopic (exact) mass is 345 g/mol. The van der Waals surface area contributed by atoms with Crippen molar-refractivity contribution >= 4 is 27.1 Å². The molecule has 126 valence electrons. The third-order valence-corrected chi connectivity index (χ3v) is 5.76. The quantitative estimate of drug-likeness (QED) is 0.864. The van der Waals surface area contributed by atoms with E-state index in [1.165, 1.54) is 0 Å². The molecular weight excluding hydrogens is 326 g/mol. The van der Waals surface area contributed by atoms with Crippen LogP contribution in [-0.4, -0.2) is 30.8 Å². The first kappa shape index (κ1) is 16.4. The van der Waals surface area contributed by atoms with E-state index in [-0.39, 0.29) is 17.4 Å². The minimum Gasteiger partial charge on any atom is -0.355 e. The van der Waals surface area contributed by atoms with Gasteiger partial charge in [-0.2, -0.15) is 0 Å². The Hall–Kier alpha value is -2.41. The van der Waals surface area contributed by atoms with Crippen LogP contribution in [-0.2, 0) is 21.2 Å². The molecule has 0 aliphatic carbocycles. The van der Waals surface area contributed by atoms with Crippen LogP contribution in [0.25, 0.3) is 0 Å². The average molecular weight is 345 g/mol. The van der Waals surface area contributed by atoms with Crippen molar-refractivity contribution in [2.24, 2.45) is 5.92 Å². The van der Waals surface area contributed by atoms with Gasteiger partial charge in [-0.1, -0.05) is 12.1 Å². The molecule has 0 saturated carbocycles. The van der Waals surface area contributed by atoms with Gasteiger partial charge in [-0.15, -0.1) is 0 Å². The van der Waals surface area contributed by atoms with Crippen LogP contribution in [0.5, 0.6) is 0 Å². The number of nitrogens with one attached hydrogen (secondary N) is 2. The number of aromatic nitrogens is 1. The van der Waals surface area contributed by atoms with Crippen LogP contribution in [0.1, 0.15) is 12.0 Å². The van der Waals surface area contributed by atoms with Gasteiger partial charge in [0.05, 0.1) is 17.4 Å². The predicted molar refractivity (Wildman–Crippen MR) is 92.6 cm³/mol. The number of benzene rings is 1. The van der Waals surface area contributed by atoms with E-state index in [2.05, 4.69) is 15.6 Å². The summed E-state index contributed by atoms with van der Waals surface area (Å²) in [7, 11) is -3.03. The Bertz CT molecular complexity index is 805. The molecule has 2 aromatic rings. The molecule has 1 atom stereocenters. The summed E-state index contributed by atoms with van der Waals surface area (Å²) in [6, 6.07) is 11.5. The zero-order valence-electron chi connectivity index (χ0n) is 13.1. The Labute approximate surface area is 141 Å². The number of pyridine rings is 1. The predicted octanol–water partition coefficient (Wildman–Crippen LogP) is 1.88. The van der Waals surface area contributed by atoms with Gasteiger partial charge in [0.2, 0.25) is 5.91 Å². The highest BCUT2D eigenvalue weighted by atomic mass is 32.2. The number of hydrogen-bond donors (Lipinski definition) is 2. The van der Waals surface area contributed by atoms with Gasteiger partial charge in [-0.05, 0) is 36.2 Å². The van der Waals surface area contributed by atoms with Gasteiger partial charge in [0, 0.05) is 30.3 Å². The Kier molecular flexibility index (Phi) is 4.80. The van der Waals surface area contributed by atoms with Crippen LogP contribution >= 0.6 is 0 Å². The lowest BCUT2D eigenvalue weighted by atomic mass is 10.1. The molecule has 6 nitrogen and oxygen atoms in total. The maximum Gasteiger partial charge on any atom is 0.224 e. The van der Waals surface area contributed by atoms with E-state index in [1.807, 2.05) is 36.4 Å². The molecule has 24 heavy (non-hydrogen) atoms. The number of carbonyl (C=O) groups excluding carboxylic acids is 1. The van der Waals surface area contributed by atoms with Crippen molar-refractivity contribution in [1.82, 2.24) is 10.3 Å². The summed E-state index contributed by atoms with van der Waals surface area (Å²) in [6.45, 7) is 0.394. The molecule has 1 aromatic carbocycles. The van der Waals surface area contributed by atoms with Crippen molar-refractivity contribution in [2.75, 3.05) is 16.8 Å². The van der Waals surface area contributed by atoms with Crippen molar-refractivity contribution in [3.05, 3.63) is 54.4 Å². The summed E-state index contributed by atoms with van der Waals surface area (Å²) in [6.07, 6.45) is 3.86. The smallest absolute Gasteiger partial charge is 0.224 e. The third-order valence-electron chi connectivity index (χ3n) is 3.99. The van der Waals surface area contributed by atoms with E-state index in [9.17, 15) is 13.2 Å². The molecule has 0 radical (unpaired) electrons. The lowest BCUT2D eigenvalue weighted by molar-refractivity contribution is -0.124. The Morgan fingerprint density at radius 1 is 1.08 bits per heavy atom. The molecule has 1 amide bonds. The maximum atomic E-state index is 12.0. The molecule has 1 aromatic heterocycles. The fourth-order valence-electron chi connectivity index (χ4n) is 2.64. The highest BCUT2D eigenvalue weighted by molar-refractivity contribution is 7.91. The van der Waals surface area contributed by atoms with Crippen LogP contribution < -0.4 is 10.6 Å². The van der Waals surface area contributed by atoms with E-state index in [4.69, 9.17) is 0 Å². The molecule has 1 fully saturated rings. The Morgan fingerprint density at radius 2 is 1.75 bits per heavy atom. The van der Waals surface area contributed by atoms with E-state index in [1.54, 1.807) is 12.4 Å². The number of carbonyl (C=O) groups is 1. The molecule has 1 aliphatic rings. The molecule has 0 spiro atoms. The molecule has 2 N–H and O–H groups in total. The molecule has 1 unspecified atom stereocenters. The topological polar surface area (TPSA) is 88.2 Å². The molecule has 7 heteroatoms. The lowest BCUT2D eigenvalue weighted by Crippen LogP contribution is -2.30. The third kappa shape index (κ3) is 4.32. The van der Waals surface area contributed by atoms with E-state index in [0.717, 1.165) is 16.9 Å². The molecule has 3 rings (SSSR count). The molecule has 1 aliphatic heterocycles. The fraction of sp³-hybridized carbons (Fsp3) is 0.294. The van der Waals surface area contributed by atoms with Gasteiger partial charge in [-0.3, -0.25) is 9.78 Å². The zero-order valence-corrected chi connectivity index (χ0v) is 13.9. The number of hydrogen-bond acceptors (Lipinski definition) is 5. The number of sulfone groups is 1. The fourth-order valence-corrected chi connectivity index (χ4v) is 4.38. The second-order valence-corrected chi connectivity index (χ2v) is 8.10. The molecule has 2 heterocycles. The second kappa shape index (κ2) is 7.00. The number of rotatable bonds is 5. The minimum absolute atomic E-state index is 0.0341. The zero-order chi connectivity index (χ0) is 17.0.